The summed E-state index contributed by atoms with van der Waals surface area (Å²) >= 11 is 0. The Kier molecular flexibility index (Phi) is 2.01. The van der Waals surface area contributed by atoms with Crippen LogP contribution in [0.4, 0.5) is 5.69 Å². The molecule has 1 aliphatic carbocycles. The van der Waals surface area contributed by atoms with E-state index in [4.69, 9.17) is 0 Å². The third kappa shape index (κ3) is 1.26. The summed E-state index contributed by atoms with van der Waals surface area (Å²) in [7, 11) is 0. The SMILES string of the molecule is O=[N+]([O-])c1ccc(C2NCC23CCC3)cc1. The first-order valence-corrected chi connectivity index (χ1v) is 5.69. The van der Waals surface area contributed by atoms with Crippen LogP contribution in [-0.4, -0.2) is 11.5 Å². The van der Waals surface area contributed by atoms with Crippen LogP contribution in [-0.2, 0) is 0 Å². The Labute approximate surface area is 93.8 Å². The highest BCUT2D eigenvalue weighted by atomic mass is 16.6. The molecule has 0 radical (unpaired) electrons. The van der Waals surface area contributed by atoms with Crippen molar-refractivity contribution in [3.8, 4) is 0 Å². The van der Waals surface area contributed by atoms with Crippen molar-refractivity contribution >= 4 is 5.69 Å². The minimum Gasteiger partial charge on any atom is -0.309 e. The van der Waals surface area contributed by atoms with Gasteiger partial charge in [0.05, 0.1) is 4.92 Å². The molecular weight excluding hydrogens is 204 g/mol. The Hall–Kier alpha value is -1.42. The summed E-state index contributed by atoms with van der Waals surface area (Å²) in [6.45, 7) is 1.11. The normalized spacial score (nSPS) is 25.9. The van der Waals surface area contributed by atoms with Gasteiger partial charge in [-0.05, 0) is 18.4 Å². The Morgan fingerprint density at radius 2 is 2.00 bits per heavy atom. The predicted octanol–water partition coefficient (Wildman–Crippen LogP) is 2.41. The third-order valence-corrected chi connectivity index (χ3v) is 4.06. The first-order valence-electron chi connectivity index (χ1n) is 5.69. The van der Waals surface area contributed by atoms with Crippen molar-refractivity contribution in [1.82, 2.24) is 5.32 Å². The fraction of sp³-hybridized carbons (Fsp3) is 0.500. The van der Waals surface area contributed by atoms with Crippen LogP contribution in [0.2, 0.25) is 0 Å². The lowest BCUT2D eigenvalue weighted by Crippen LogP contribution is -2.59. The van der Waals surface area contributed by atoms with E-state index < -0.39 is 0 Å². The van der Waals surface area contributed by atoms with Gasteiger partial charge in [0, 0.05) is 30.1 Å². The zero-order valence-corrected chi connectivity index (χ0v) is 8.98. The van der Waals surface area contributed by atoms with Crippen LogP contribution >= 0.6 is 0 Å². The summed E-state index contributed by atoms with van der Waals surface area (Å²) in [6.07, 6.45) is 3.91. The summed E-state index contributed by atoms with van der Waals surface area (Å²) in [4.78, 5) is 10.2. The van der Waals surface area contributed by atoms with E-state index >= 15 is 0 Å². The zero-order valence-electron chi connectivity index (χ0n) is 8.98. The number of non-ortho nitro benzene ring substituents is 1. The van der Waals surface area contributed by atoms with Gasteiger partial charge in [-0.25, -0.2) is 0 Å². The second-order valence-electron chi connectivity index (χ2n) is 4.88. The Bertz CT molecular complexity index is 418. The van der Waals surface area contributed by atoms with Crippen LogP contribution < -0.4 is 5.32 Å². The van der Waals surface area contributed by atoms with Crippen molar-refractivity contribution in [3.05, 3.63) is 39.9 Å². The third-order valence-electron chi connectivity index (χ3n) is 4.06. The summed E-state index contributed by atoms with van der Waals surface area (Å²) in [5, 5.41) is 14.0. The highest BCUT2D eigenvalue weighted by Crippen LogP contribution is 2.55. The minimum atomic E-state index is -0.350. The van der Waals surface area contributed by atoms with Gasteiger partial charge in [0.1, 0.15) is 0 Å². The predicted molar refractivity (Wildman–Crippen MR) is 60.1 cm³/mol. The van der Waals surface area contributed by atoms with Gasteiger partial charge in [-0.1, -0.05) is 18.6 Å². The maximum Gasteiger partial charge on any atom is 0.269 e. The molecule has 4 nitrogen and oxygen atoms in total. The van der Waals surface area contributed by atoms with Crippen molar-refractivity contribution in [3.63, 3.8) is 0 Å². The quantitative estimate of drug-likeness (QED) is 0.612. The first-order chi connectivity index (χ1) is 7.71. The molecule has 1 saturated carbocycles. The molecule has 1 saturated heterocycles. The molecule has 0 aromatic heterocycles. The molecule has 2 fully saturated rings. The largest absolute Gasteiger partial charge is 0.309 e. The van der Waals surface area contributed by atoms with E-state index in [1.807, 2.05) is 12.1 Å². The Morgan fingerprint density at radius 3 is 2.38 bits per heavy atom. The lowest BCUT2D eigenvalue weighted by atomic mass is 9.58. The average Bonchev–Trinajstić information content (AvgIpc) is 2.14. The van der Waals surface area contributed by atoms with Crippen LogP contribution in [0.3, 0.4) is 0 Å². The Balaban J connectivity index is 1.82. The molecule has 1 heterocycles. The van der Waals surface area contributed by atoms with Crippen LogP contribution in [0.1, 0.15) is 30.9 Å². The lowest BCUT2D eigenvalue weighted by Gasteiger charge is -2.57. The van der Waals surface area contributed by atoms with E-state index in [9.17, 15) is 10.1 Å². The number of hydrogen-bond acceptors (Lipinski definition) is 3. The monoisotopic (exact) mass is 218 g/mol. The number of rotatable bonds is 2. The number of hydrogen-bond donors (Lipinski definition) is 1. The molecule has 1 spiro atoms. The van der Waals surface area contributed by atoms with E-state index in [0.717, 1.165) is 6.54 Å². The van der Waals surface area contributed by atoms with Gasteiger partial charge >= 0.3 is 0 Å². The van der Waals surface area contributed by atoms with Gasteiger partial charge in [-0.2, -0.15) is 0 Å². The summed E-state index contributed by atoms with van der Waals surface area (Å²) in [5.41, 5.74) is 1.83. The number of nitrogens with one attached hydrogen (secondary N) is 1. The maximum atomic E-state index is 10.6. The number of nitrogens with zero attached hydrogens (tertiary/aromatic N) is 1. The standard InChI is InChI=1S/C12H14N2O2/c15-14(16)10-4-2-9(3-5-10)11-12(8-13-11)6-1-7-12/h2-5,11,13H,1,6-8H2. The second kappa shape index (κ2) is 3.28. The highest BCUT2D eigenvalue weighted by Gasteiger charge is 2.51. The van der Waals surface area contributed by atoms with Crippen molar-refractivity contribution in [1.29, 1.82) is 0 Å². The van der Waals surface area contributed by atoms with Crippen LogP contribution in [0.25, 0.3) is 0 Å². The Morgan fingerprint density at radius 1 is 1.31 bits per heavy atom. The van der Waals surface area contributed by atoms with Crippen molar-refractivity contribution < 1.29 is 4.92 Å². The molecule has 1 aromatic carbocycles. The molecule has 1 unspecified atom stereocenters. The van der Waals surface area contributed by atoms with E-state index in [2.05, 4.69) is 5.32 Å². The summed E-state index contributed by atoms with van der Waals surface area (Å²) in [5.74, 6) is 0. The molecule has 1 aliphatic heterocycles. The molecule has 84 valence electrons. The van der Waals surface area contributed by atoms with E-state index in [-0.39, 0.29) is 10.6 Å². The second-order valence-corrected chi connectivity index (χ2v) is 4.88. The van der Waals surface area contributed by atoms with Crippen molar-refractivity contribution in [2.75, 3.05) is 6.54 Å². The summed E-state index contributed by atoms with van der Waals surface area (Å²) in [6, 6.07) is 7.38. The zero-order chi connectivity index (χ0) is 11.2. The fourth-order valence-electron chi connectivity index (χ4n) is 2.85. The maximum absolute atomic E-state index is 10.6. The van der Waals surface area contributed by atoms with Gasteiger partial charge in [0.25, 0.3) is 5.69 Å². The van der Waals surface area contributed by atoms with Gasteiger partial charge in [-0.3, -0.25) is 10.1 Å². The van der Waals surface area contributed by atoms with Gasteiger partial charge < -0.3 is 5.32 Å². The minimum absolute atomic E-state index is 0.172. The number of benzene rings is 1. The number of nitro benzene ring substituents is 1. The fourth-order valence-corrected chi connectivity index (χ4v) is 2.85. The smallest absolute Gasteiger partial charge is 0.269 e. The molecule has 3 rings (SSSR count). The molecule has 0 bridgehead atoms. The molecule has 16 heavy (non-hydrogen) atoms. The summed E-state index contributed by atoms with van der Waals surface area (Å²) < 4.78 is 0. The average molecular weight is 218 g/mol. The lowest BCUT2D eigenvalue weighted by molar-refractivity contribution is -0.384. The van der Waals surface area contributed by atoms with Gasteiger partial charge in [0.2, 0.25) is 0 Å². The topological polar surface area (TPSA) is 55.2 Å². The van der Waals surface area contributed by atoms with Crippen LogP contribution in [0, 0.1) is 15.5 Å². The number of nitro groups is 1. The first kappa shape index (κ1) is 9.78. The molecular formula is C12H14N2O2. The molecule has 1 N–H and O–H groups in total. The molecule has 4 heteroatoms. The van der Waals surface area contributed by atoms with Crippen molar-refractivity contribution in [2.45, 2.75) is 25.3 Å². The molecule has 2 aliphatic rings. The highest BCUT2D eigenvalue weighted by molar-refractivity contribution is 5.36. The molecule has 0 amide bonds. The van der Waals surface area contributed by atoms with E-state index in [1.165, 1.54) is 24.8 Å². The van der Waals surface area contributed by atoms with Gasteiger partial charge in [0.15, 0.2) is 0 Å². The van der Waals surface area contributed by atoms with E-state index in [0.29, 0.717) is 11.5 Å². The van der Waals surface area contributed by atoms with Crippen LogP contribution in [0.15, 0.2) is 24.3 Å². The van der Waals surface area contributed by atoms with Crippen molar-refractivity contribution in [2.24, 2.45) is 5.41 Å². The molecule has 1 atom stereocenters. The van der Waals surface area contributed by atoms with Crippen LogP contribution in [0.5, 0.6) is 0 Å². The van der Waals surface area contributed by atoms with E-state index in [1.54, 1.807) is 12.1 Å². The molecule has 1 aromatic rings. The van der Waals surface area contributed by atoms with Gasteiger partial charge in [-0.15, -0.1) is 0 Å².